The lowest BCUT2D eigenvalue weighted by Gasteiger charge is -2.24. The van der Waals surface area contributed by atoms with E-state index in [9.17, 15) is 4.79 Å². The molecule has 0 bridgehead atoms. The van der Waals surface area contributed by atoms with Gasteiger partial charge in [-0.15, -0.1) is 0 Å². The topological polar surface area (TPSA) is 79.9 Å². The van der Waals surface area contributed by atoms with Crippen LogP contribution in [-0.4, -0.2) is 23.5 Å². The average Bonchev–Trinajstić information content (AvgIpc) is 2.36. The van der Waals surface area contributed by atoms with E-state index in [1.54, 1.807) is 24.3 Å². The van der Waals surface area contributed by atoms with Gasteiger partial charge in [-0.1, -0.05) is 0 Å². The first-order valence-electron chi connectivity index (χ1n) is 5.53. The second kappa shape index (κ2) is 6.27. The summed E-state index contributed by atoms with van der Waals surface area (Å²) in [7, 11) is 0. The van der Waals surface area contributed by atoms with Crippen molar-refractivity contribution in [3.63, 3.8) is 0 Å². The van der Waals surface area contributed by atoms with Crippen LogP contribution < -0.4 is 5.32 Å². The van der Waals surface area contributed by atoms with E-state index in [4.69, 9.17) is 10.5 Å². The Kier molecular flexibility index (Phi) is 4.71. The number of amides is 2. The molecule has 0 saturated heterocycles. The van der Waals surface area contributed by atoms with Crippen molar-refractivity contribution in [3.05, 3.63) is 29.8 Å². The van der Waals surface area contributed by atoms with Crippen molar-refractivity contribution in [3.8, 4) is 12.1 Å². The molecule has 0 aliphatic rings. The van der Waals surface area contributed by atoms with Crippen molar-refractivity contribution in [2.45, 2.75) is 19.9 Å². The highest BCUT2D eigenvalue weighted by Gasteiger charge is 2.16. The van der Waals surface area contributed by atoms with Crippen LogP contribution in [0.25, 0.3) is 0 Å². The number of nitriles is 2. The van der Waals surface area contributed by atoms with E-state index >= 15 is 0 Å². The Morgan fingerprint density at radius 3 is 2.39 bits per heavy atom. The molecule has 2 amide bonds. The molecular weight excluding hydrogens is 228 g/mol. The lowest BCUT2D eigenvalue weighted by atomic mass is 10.2. The van der Waals surface area contributed by atoms with Crippen molar-refractivity contribution in [1.82, 2.24) is 4.90 Å². The summed E-state index contributed by atoms with van der Waals surface area (Å²) in [5.41, 5.74) is 1.13. The minimum absolute atomic E-state index is 0.0414. The molecular formula is C13H14N4O. The Morgan fingerprint density at radius 1 is 1.33 bits per heavy atom. The maximum atomic E-state index is 11.9. The van der Waals surface area contributed by atoms with E-state index < -0.39 is 0 Å². The van der Waals surface area contributed by atoms with Gasteiger partial charge in [0.15, 0.2) is 0 Å². The number of hydrogen-bond donors (Lipinski definition) is 1. The predicted molar refractivity (Wildman–Crippen MR) is 67.6 cm³/mol. The zero-order valence-corrected chi connectivity index (χ0v) is 10.3. The molecule has 0 saturated carbocycles. The van der Waals surface area contributed by atoms with Gasteiger partial charge in [-0.3, -0.25) is 0 Å². The fraction of sp³-hybridized carbons (Fsp3) is 0.308. The summed E-state index contributed by atoms with van der Waals surface area (Å²) >= 11 is 0. The van der Waals surface area contributed by atoms with Gasteiger partial charge in [0.2, 0.25) is 0 Å². The van der Waals surface area contributed by atoms with Gasteiger partial charge in [-0.25, -0.2) is 4.79 Å². The van der Waals surface area contributed by atoms with Gasteiger partial charge in [0.05, 0.1) is 17.7 Å². The summed E-state index contributed by atoms with van der Waals surface area (Å²) in [4.78, 5) is 13.3. The zero-order chi connectivity index (χ0) is 13.5. The predicted octanol–water partition coefficient (Wildman–Crippen LogP) is 2.32. The summed E-state index contributed by atoms with van der Waals surface area (Å²) < 4.78 is 0. The molecule has 0 aromatic heterocycles. The summed E-state index contributed by atoms with van der Waals surface area (Å²) in [6, 6.07) is 10.1. The third-order valence-electron chi connectivity index (χ3n) is 2.39. The number of rotatable bonds is 3. The van der Waals surface area contributed by atoms with Crippen LogP contribution in [0.3, 0.4) is 0 Å². The van der Waals surface area contributed by atoms with Crippen LogP contribution in [0, 0.1) is 22.7 Å². The van der Waals surface area contributed by atoms with E-state index in [-0.39, 0.29) is 18.6 Å². The van der Waals surface area contributed by atoms with Gasteiger partial charge in [-0.05, 0) is 38.1 Å². The van der Waals surface area contributed by atoms with Gasteiger partial charge < -0.3 is 10.2 Å². The Labute approximate surface area is 106 Å². The monoisotopic (exact) mass is 242 g/mol. The van der Waals surface area contributed by atoms with Gasteiger partial charge in [0, 0.05) is 11.7 Å². The molecule has 1 rings (SSSR count). The Morgan fingerprint density at radius 2 is 1.94 bits per heavy atom. The number of carbonyl (C=O) groups excluding carboxylic acids is 1. The third kappa shape index (κ3) is 3.50. The van der Waals surface area contributed by atoms with Crippen LogP contribution in [0.15, 0.2) is 24.3 Å². The Balaban J connectivity index is 2.74. The first kappa shape index (κ1) is 13.5. The fourth-order valence-corrected chi connectivity index (χ4v) is 1.39. The molecule has 0 spiro atoms. The first-order chi connectivity index (χ1) is 8.58. The zero-order valence-electron chi connectivity index (χ0n) is 10.3. The number of nitrogens with zero attached hydrogens (tertiary/aromatic N) is 3. The van der Waals surface area contributed by atoms with E-state index in [0.29, 0.717) is 11.3 Å². The molecule has 92 valence electrons. The van der Waals surface area contributed by atoms with Gasteiger partial charge in [0.1, 0.15) is 6.54 Å². The van der Waals surface area contributed by atoms with Gasteiger partial charge in [-0.2, -0.15) is 10.5 Å². The van der Waals surface area contributed by atoms with E-state index in [0.717, 1.165) is 0 Å². The Bertz CT molecular complexity index is 493. The number of hydrogen-bond acceptors (Lipinski definition) is 3. The van der Waals surface area contributed by atoms with Gasteiger partial charge >= 0.3 is 6.03 Å². The average molecular weight is 242 g/mol. The van der Waals surface area contributed by atoms with Crippen LogP contribution in [0.1, 0.15) is 19.4 Å². The van der Waals surface area contributed by atoms with E-state index in [2.05, 4.69) is 5.32 Å². The largest absolute Gasteiger partial charge is 0.322 e. The fourth-order valence-electron chi connectivity index (χ4n) is 1.39. The number of benzene rings is 1. The number of anilines is 1. The minimum atomic E-state index is -0.323. The number of nitrogens with one attached hydrogen (secondary N) is 1. The Hall–Kier alpha value is -2.53. The molecule has 0 fully saturated rings. The number of carbonyl (C=O) groups is 1. The molecule has 1 aromatic carbocycles. The highest BCUT2D eigenvalue weighted by molar-refractivity contribution is 5.89. The van der Waals surface area contributed by atoms with Crippen LogP contribution in [0.4, 0.5) is 10.5 Å². The second-order valence-electron chi connectivity index (χ2n) is 4.00. The molecule has 0 radical (unpaired) electrons. The molecule has 0 atom stereocenters. The summed E-state index contributed by atoms with van der Waals surface area (Å²) in [6.07, 6.45) is 0. The van der Waals surface area contributed by atoms with Gasteiger partial charge in [0.25, 0.3) is 0 Å². The quantitative estimate of drug-likeness (QED) is 0.826. The van der Waals surface area contributed by atoms with Crippen LogP contribution in [0.2, 0.25) is 0 Å². The lowest BCUT2D eigenvalue weighted by Crippen LogP contribution is -2.40. The molecule has 0 unspecified atom stereocenters. The molecule has 5 nitrogen and oxygen atoms in total. The van der Waals surface area contributed by atoms with Crippen LogP contribution >= 0.6 is 0 Å². The van der Waals surface area contributed by atoms with Crippen LogP contribution in [0.5, 0.6) is 0 Å². The lowest BCUT2D eigenvalue weighted by molar-refractivity contribution is 0.205. The normalized spacial score (nSPS) is 9.39. The van der Waals surface area contributed by atoms with Crippen molar-refractivity contribution in [1.29, 1.82) is 10.5 Å². The van der Waals surface area contributed by atoms with Crippen molar-refractivity contribution >= 4 is 11.7 Å². The summed E-state index contributed by atoms with van der Waals surface area (Å²) in [5.74, 6) is 0. The highest BCUT2D eigenvalue weighted by Crippen LogP contribution is 2.10. The summed E-state index contributed by atoms with van der Waals surface area (Å²) in [6.45, 7) is 3.73. The SMILES string of the molecule is CC(C)N(CC#N)C(=O)Nc1ccc(C#N)cc1. The van der Waals surface area contributed by atoms with E-state index in [1.807, 2.05) is 26.0 Å². The minimum Gasteiger partial charge on any atom is -0.309 e. The molecule has 18 heavy (non-hydrogen) atoms. The second-order valence-corrected chi connectivity index (χ2v) is 4.00. The van der Waals surface area contributed by atoms with Crippen molar-refractivity contribution in [2.75, 3.05) is 11.9 Å². The first-order valence-corrected chi connectivity index (χ1v) is 5.53. The molecule has 0 aliphatic heterocycles. The smallest absolute Gasteiger partial charge is 0.309 e. The maximum Gasteiger partial charge on any atom is 0.322 e. The molecule has 0 aliphatic carbocycles. The van der Waals surface area contributed by atoms with Crippen molar-refractivity contribution < 1.29 is 4.79 Å². The molecule has 1 N–H and O–H groups in total. The molecule has 1 aromatic rings. The molecule has 0 heterocycles. The van der Waals surface area contributed by atoms with Crippen molar-refractivity contribution in [2.24, 2.45) is 0 Å². The standard InChI is InChI=1S/C13H14N4O/c1-10(2)17(8-7-14)13(18)16-12-5-3-11(9-15)4-6-12/h3-6,10H,8H2,1-2H3,(H,16,18). The highest BCUT2D eigenvalue weighted by atomic mass is 16.2. The maximum absolute atomic E-state index is 11.9. The van der Waals surface area contributed by atoms with E-state index in [1.165, 1.54) is 4.90 Å². The van der Waals surface area contributed by atoms with Crippen LogP contribution in [-0.2, 0) is 0 Å². The third-order valence-corrected chi connectivity index (χ3v) is 2.39. The summed E-state index contributed by atoms with van der Waals surface area (Å²) in [5, 5.41) is 20.0. The molecule has 5 heteroatoms. The number of urea groups is 1.